The van der Waals surface area contributed by atoms with Crippen LogP contribution in [0.3, 0.4) is 0 Å². The van der Waals surface area contributed by atoms with E-state index in [0.717, 1.165) is 12.3 Å². The summed E-state index contributed by atoms with van der Waals surface area (Å²) in [7, 11) is 0. The highest BCUT2D eigenvalue weighted by Gasteiger charge is 2.32. The van der Waals surface area contributed by atoms with Crippen molar-refractivity contribution in [3.05, 3.63) is 33.1 Å². The van der Waals surface area contributed by atoms with Crippen LogP contribution in [0.2, 0.25) is 0 Å². The predicted molar refractivity (Wildman–Crippen MR) is 60.0 cm³/mol. The van der Waals surface area contributed by atoms with Gasteiger partial charge in [-0.05, 0) is 6.92 Å². The van der Waals surface area contributed by atoms with E-state index in [2.05, 4.69) is 4.98 Å². The van der Waals surface area contributed by atoms with Gasteiger partial charge in [-0.2, -0.15) is 0 Å². The predicted octanol–water partition coefficient (Wildman–Crippen LogP) is -1.85. The van der Waals surface area contributed by atoms with Crippen LogP contribution in [0.25, 0.3) is 0 Å². The normalized spacial score (nSPS) is 18.1. The van der Waals surface area contributed by atoms with Crippen LogP contribution in [0, 0.1) is 0 Å². The number of aliphatic hydroxyl groups excluding tert-OH is 3. The average Bonchev–Trinajstić information content (AvgIpc) is 2.35. The van der Waals surface area contributed by atoms with E-state index >= 15 is 0 Å². The molecular weight excluding hydrogens is 247 g/mol. The van der Waals surface area contributed by atoms with Gasteiger partial charge in [0.25, 0.3) is 5.56 Å². The Morgan fingerprint density at radius 3 is 2.56 bits per heavy atom. The van der Waals surface area contributed by atoms with Crippen LogP contribution in [-0.4, -0.2) is 49.9 Å². The van der Waals surface area contributed by atoms with Crippen LogP contribution in [0.1, 0.15) is 13.0 Å². The lowest BCUT2D eigenvalue weighted by molar-refractivity contribution is -0.0631. The van der Waals surface area contributed by atoms with Gasteiger partial charge in [0.2, 0.25) is 0 Å². The molecular formula is C10H15FN2O5. The van der Waals surface area contributed by atoms with Gasteiger partial charge >= 0.3 is 5.69 Å². The van der Waals surface area contributed by atoms with E-state index < -0.39 is 42.3 Å². The second-order valence-electron chi connectivity index (χ2n) is 3.92. The molecule has 1 aromatic rings. The molecule has 4 atom stereocenters. The smallest absolute Gasteiger partial charge is 0.328 e. The van der Waals surface area contributed by atoms with Gasteiger partial charge in [0.05, 0.1) is 12.6 Å². The standard InChI is InChI=1S/C10H15FN2O5/c1-5(8(11)9(17)6(15)4-14)13-7(16)2-3-12-10(13)18/h2-3,5-6,8-9,14-15,17H,4H2,1H3,(H,12,18). The van der Waals surface area contributed by atoms with E-state index in [1.54, 1.807) is 0 Å². The third kappa shape index (κ3) is 2.84. The summed E-state index contributed by atoms with van der Waals surface area (Å²) >= 11 is 0. The zero-order chi connectivity index (χ0) is 13.9. The van der Waals surface area contributed by atoms with Crippen LogP contribution >= 0.6 is 0 Å². The SMILES string of the molecule is CC(C(F)C(O)C(O)CO)n1c(=O)cc[nH]c1=O. The first-order valence-electron chi connectivity index (χ1n) is 5.31. The maximum Gasteiger partial charge on any atom is 0.328 e. The maximum atomic E-state index is 13.8. The number of H-pyrrole nitrogens is 1. The number of halogens is 1. The molecule has 0 radical (unpaired) electrons. The first-order chi connectivity index (χ1) is 8.40. The highest BCUT2D eigenvalue weighted by molar-refractivity contribution is 4.90. The lowest BCUT2D eigenvalue weighted by Crippen LogP contribution is -2.46. The Hall–Kier alpha value is -1.51. The molecule has 1 aromatic heterocycles. The van der Waals surface area contributed by atoms with Crippen molar-refractivity contribution in [2.24, 2.45) is 0 Å². The van der Waals surface area contributed by atoms with Crippen LogP contribution in [0.4, 0.5) is 4.39 Å². The van der Waals surface area contributed by atoms with Crippen molar-refractivity contribution in [3.8, 4) is 0 Å². The number of rotatable bonds is 5. The Morgan fingerprint density at radius 2 is 2.06 bits per heavy atom. The zero-order valence-electron chi connectivity index (χ0n) is 9.65. The summed E-state index contributed by atoms with van der Waals surface area (Å²) in [5, 5.41) is 27.1. The lowest BCUT2D eigenvalue weighted by atomic mass is 10.0. The van der Waals surface area contributed by atoms with Crippen molar-refractivity contribution in [1.82, 2.24) is 9.55 Å². The molecule has 1 rings (SSSR count). The van der Waals surface area contributed by atoms with Gasteiger partial charge in [0.1, 0.15) is 18.4 Å². The fourth-order valence-electron chi connectivity index (χ4n) is 1.57. The van der Waals surface area contributed by atoms with E-state index in [-0.39, 0.29) is 0 Å². The second kappa shape index (κ2) is 5.89. The van der Waals surface area contributed by atoms with Crippen molar-refractivity contribution >= 4 is 0 Å². The van der Waals surface area contributed by atoms with Crippen LogP contribution in [-0.2, 0) is 0 Å². The van der Waals surface area contributed by atoms with E-state index in [0.29, 0.717) is 4.57 Å². The molecule has 0 bridgehead atoms. The van der Waals surface area contributed by atoms with Gasteiger partial charge in [-0.15, -0.1) is 0 Å². The molecule has 8 heteroatoms. The molecule has 102 valence electrons. The topological polar surface area (TPSA) is 116 Å². The van der Waals surface area contributed by atoms with Crippen molar-refractivity contribution in [2.45, 2.75) is 31.3 Å². The number of hydrogen-bond donors (Lipinski definition) is 4. The quantitative estimate of drug-likeness (QED) is 0.497. The fraction of sp³-hybridized carbons (Fsp3) is 0.600. The molecule has 0 spiro atoms. The average molecular weight is 262 g/mol. The number of aromatic nitrogens is 2. The van der Waals surface area contributed by atoms with Crippen LogP contribution in [0.5, 0.6) is 0 Å². The van der Waals surface area contributed by atoms with Gasteiger partial charge in [-0.1, -0.05) is 0 Å². The van der Waals surface area contributed by atoms with E-state index in [1.807, 2.05) is 0 Å². The van der Waals surface area contributed by atoms with Crippen molar-refractivity contribution in [3.63, 3.8) is 0 Å². The number of nitrogens with one attached hydrogen (secondary N) is 1. The Kier molecular flexibility index (Phi) is 4.76. The molecule has 0 aliphatic rings. The summed E-state index contributed by atoms with van der Waals surface area (Å²) in [5.74, 6) is 0. The van der Waals surface area contributed by atoms with E-state index in [1.165, 1.54) is 6.92 Å². The van der Waals surface area contributed by atoms with Crippen molar-refractivity contribution in [2.75, 3.05) is 6.61 Å². The molecule has 4 N–H and O–H groups in total. The van der Waals surface area contributed by atoms with E-state index in [9.17, 15) is 19.1 Å². The molecule has 1 heterocycles. The fourth-order valence-corrected chi connectivity index (χ4v) is 1.57. The third-order valence-corrected chi connectivity index (χ3v) is 2.66. The molecule has 0 aliphatic heterocycles. The summed E-state index contributed by atoms with van der Waals surface area (Å²) < 4.78 is 14.4. The molecule has 0 amide bonds. The minimum Gasteiger partial charge on any atom is -0.394 e. The van der Waals surface area contributed by atoms with Crippen molar-refractivity contribution < 1.29 is 19.7 Å². The van der Waals surface area contributed by atoms with Gasteiger partial charge in [-0.3, -0.25) is 9.36 Å². The molecule has 18 heavy (non-hydrogen) atoms. The van der Waals surface area contributed by atoms with E-state index in [4.69, 9.17) is 10.2 Å². The van der Waals surface area contributed by atoms with Gasteiger partial charge < -0.3 is 20.3 Å². The molecule has 0 aromatic carbocycles. The van der Waals surface area contributed by atoms with Crippen molar-refractivity contribution in [1.29, 1.82) is 0 Å². The molecule has 0 fully saturated rings. The molecule has 0 aliphatic carbocycles. The molecule has 0 saturated heterocycles. The first-order valence-corrected chi connectivity index (χ1v) is 5.31. The maximum absolute atomic E-state index is 13.8. The summed E-state index contributed by atoms with van der Waals surface area (Å²) in [6, 6.07) is -0.238. The Balaban J connectivity index is 3.04. The highest BCUT2D eigenvalue weighted by Crippen LogP contribution is 2.16. The number of nitrogens with zero attached hydrogens (tertiary/aromatic N) is 1. The summed E-state index contributed by atoms with van der Waals surface area (Å²) in [5.41, 5.74) is -1.54. The van der Waals surface area contributed by atoms with Gasteiger partial charge in [-0.25, -0.2) is 9.18 Å². The molecule has 4 unspecified atom stereocenters. The van der Waals surface area contributed by atoms with Gasteiger partial charge in [0, 0.05) is 12.3 Å². The number of alkyl halides is 1. The Bertz CT molecular complexity index is 471. The number of aromatic amines is 1. The summed E-state index contributed by atoms with van der Waals surface area (Å²) in [4.78, 5) is 25.0. The second-order valence-corrected chi connectivity index (χ2v) is 3.92. The first kappa shape index (κ1) is 14.6. The Labute approximate surface area is 101 Å². The lowest BCUT2D eigenvalue weighted by Gasteiger charge is -2.25. The monoisotopic (exact) mass is 262 g/mol. The Morgan fingerprint density at radius 1 is 1.44 bits per heavy atom. The summed E-state index contributed by atoms with van der Waals surface area (Å²) in [6.07, 6.45) is -4.52. The minimum atomic E-state index is -2.08. The number of hydrogen-bond acceptors (Lipinski definition) is 5. The summed E-state index contributed by atoms with van der Waals surface area (Å²) in [6.45, 7) is 0.392. The highest BCUT2D eigenvalue weighted by atomic mass is 19.1. The molecule has 0 saturated carbocycles. The third-order valence-electron chi connectivity index (χ3n) is 2.66. The largest absolute Gasteiger partial charge is 0.394 e. The van der Waals surface area contributed by atoms with Crippen LogP contribution < -0.4 is 11.2 Å². The minimum absolute atomic E-state index is 0.595. The van der Waals surface area contributed by atoms with Gasteiger partial charge in [0.15, 0.2) is 0 Å². The van der Waals surface area contributed by atoms with Crippen LogP contribution in [0.15, 0.2) is 21.9 Å². The molecule has 7 nitrogen and oxygen atoms in total. The zero-order valence-corrected chi connectivity index (χ0v) is 9.65. The number of aliphatic hydroxyl groups is 3.